The zero-order valence-corrected chi connectivity index (χ0v) is 14.7. The first kappa shape index (κ1) is 18.3. The van der Waals surface area contributed by atoms with E-state index < -0.39 is 5.91 Å². The number of thioether (sulfide) groups is 1. The van der Waals surface area contributed by atoms with Gasteiger partial charge in [-0.25, -0.2) is 0 Å². The van der Waals surface area contributed by atoms with Crippen molar-refractivity contribution in [3.8, 4) is 6.07 Å². The molecule has 0 atom stereocenters. The fraction of sp³-hybridized carbons (Fsp3) is 0.105. The Morgan fingerprint density at radius 1 is 1.12 bits per heavy atom. The molecule has 6 heteroatoms. The number of anilines is 2. The lowest BCUT2D eigenvalue weighted by Crippen LogP contribution is -2.14. The molecule has 0 radical (unpaired) electrons. The summed E-state index contributed by atoms with van der Waals surface area (Å²) in [4.78, 5) is 24.7. The number of nitrogens with zero attached hydrogens (tertiary/aromatic N) is 1. The summed E-state index contributed by atoms with van der Waals surface area (Å²) in [7, 11) is 0. The summed E-state index contributed by atoms with van der Waals surface area (Å²) in [6, 6.07) is 16.1. The summed E-state index contributed by atoms with van der Waals surface area (Å²) in [5.41, 5.74) is 1.67. The summed E-state index contributed by atoms with van der Waals surface area (Å²) in [5, 5.41) is 14.8. The van der Waals surface area contributed by atoms with Gasteiger partial charge in [-0.2, -0.15) is 5.26 Å². The zero-order valence-electron chi connectivity index (χ0n) is 13.9. The Balaban J connectivity index is 2.11. The molecule has 0 spiro atoms. The first-order valence-electron chi connectivity index (χ1n) is 7.46. The van der Waals surface area contributed by atoms with Crippen LogP contribution < -0.4 is 10.6 Å². The summed E-state index contributed by atoms with van der Waals surface area (Å²) in [5.74, 6) is -0.640. The van der Waals surface area contributed by atoms with Crippen molar-refractivity contribution >= 4 is 34.8 Å². The molecule has 2 rings (SSSR count). The van der Waals surface area contributed by atoms with Crippen LogP contribution in [0.4, 0.5) is 11.4 Å². The molecule has 5 nitrogen and oxygen atoms in total. The summed E-state index contributed by atoms with van der Waals surface area (Å²) >= 11 is 1.60. The topological polar surface area (TPSA) is 82.0 Å². The fourth-order valence-corrected chi connectivity index (χ4v) is 2.49. The molecular weight excluding hydrogens is 334 g/mol. The van der Waals surface area contributed by atoms with E-state index in [0.717, 1.165) is 10.6 Å². The molecule has 0 aromatic heterocycles. The number of amides is 1. The predicted molar refractivity (Wildman–Crippen MR) is 101 cm³/mol. The van der Waals surface area contributed by atoms with Gasteiger partial charge in [-0.15, -0.1) is 11.8 Å². The van der Waals surface area contributed by atoms with Crippen LogP contribution in [-0.2, 0) is 4.79 Å². The van der Waals surface area contributed by atoms with Gasteiger partial charge in [0.1, 0.15) is 11.6 Å². The van der Waals surface area contributed by atoms with E-state index in [1.165, 1.54) is 13.1 Å². The monoisotopic (exact) mass is 351 g/mol. The molecule has 2 aromatic carbocycles. The second-order valence-corrected chi connectivity index (χ2v) is 6.02. The van der Waals surface area contributed by atoms with Crippen LogP contribution in [0.25, 0.3) is 0 Å². The molecule has 0 saturated carbocycles. The van der Waals surface area contributed by atoms with Crippen LogP contribution in [0.5, 0.6) is 0 Å². The lowest BCUT2D eigenvalue weighted by molar-refractivity contribution is -0.112. The van der Waals surface area contributed by atoms with Crippen molar-refractivity contribution in [1.82, 2.24) is 0 Å². The van der Waals surface area contributed by atoms with E-state index >= 15 is 0 Å². The third kappa shape index (κ3) is 5.23. The van der Waals surface area contributed by atoms with Crippen molar-refractivity contribution in [1.29, 1.82) is 5.26 Å². The first-order valence-corrected chi connectivity index (χ1v) is 8.69. The molecule has 0 bridgehead atoms. The van der Waals surface area contributed by atoms with Gasteiger partial charge in [-0.1, -0.05) is 18.2 Å². The third-order valence-electron chi connectivity index (χ3n) is 3.34. The number of nitriles is 1. The molecule has 0 aliphatic heterocycles. The average Bonchev–Trinajstić information content (AvgIpc) is 2.62. The van der Waals surface area contributed by atoms with Gasteiger partial charge in [0.05, 0.1) is 0 Å². The maximum absolute atomic E-state index is 12.2. The number of hydrogen-bond acceptors (Lipinski definition) is 5. The molecule has 126 valence electrons. The molecule has 0 heterocycles. The SMILES string of the molecule is CSc1cccc(N/C=C(/C#N)C(=O)Nc2cccc(C(C)=O)c2)c1. The number of ketones is 1. The van der Waals surface area contributed by atoms with Crippen molar-refractivity contribution in [3.05, 3.63) is 65.9 Å². The van der Waals surface area contributed by atoms with Crippen molar-refractivity contribution < 1.29 is 9.59 Å². The van der Waals surface area contributed by atoms with Gasteiger partial charge in [0.15, 0.2) is 5.78 Å². The van der Waals surface area contributed by atoms with Crippen LogP contribution >= 0.6 is 11.8 Å². The van der Waals surface area contributed by atoms with E-state index in [9.17, 15) is 14.9 Å². The Bertz CT molecular complexity index is 869. The molecule has 2 aromatic rings. The summed E-state index contributed by atoms with van der Waals surface area (Å²) < 4.78 is 0. The predicted octanol–water partition coefficient (Wildman–Crippen LogP) is 4.07. The van der Waals surface area contributed by atoms with Crippen LogP contribution in [-0.4, -0.2) is 17.9 Å². The molecule has 2 N–H and O–H groups in total. The molecule has 0 unspecified atom stereocenters. The van der Waals surface area contributed by atoms with Gasteiger partial charge < -0.3 is 10.6 Å². The highest BCUT2D eigenvalue weighted by Crippen LogP contribution is 2.19. The van der Waals surface area contributed by atoms with Crippen LogP contribution in [0.3, 0.4) is 0 Å². The van der Waals surface area contributed by atoms with Gasteiger partial charge in [0, 0.05) is 28.0 Å². The second-order valence-electron chi connectivity index (χ2n) is 5.14. The zero-order chi connectivity index (χ0) is 18.2. The lowest BCUT2D eigenvalue weighted by Gasteiger charge is -2.07. The second kappa shape index (κ2) is 8.71. The van der Waals surface area contributed by atoms with Crippen LogP contribution in [0.2, 0.25) is 0 Å². The van der Waals surface area contributed by atoms with E-state index in [2.05, 4.69) is 10.6 Å². The molecule has 1 amide bonds. The molecule has 0 saturated heterocycles. The van der Waals surface area contributed by atoms with Crippen LogP contribution in [0, 0.1) is 11.3 Å². The highest BCUT2D eigenvalue weighted by Gasteiger charge is 2.10. The number of rotatable bonds is 6. The molecular formula is C19H17N3O2S. The van der Waals surface area contributed by atoms with E-state index in [-0.39, 0.29) is 11.4 Å². The molecule has 0 fully saturated rings. The number of carbonyl (C=O) groups is 2. The van der Waals surface area contributed by atoms with Gasteiger partial charge in [0.2, 0.25) is 0 Å². The Morgan fingerprint density at radius 2 is 1.84 bits per heavy atom. The van der Waals surface area contributed by atoms with Gasteiger partial charge in [0.25, 0.3) is 5.91 Å². The largest absolute Gasteiger partial charge is 0.360 e. The van der Waals surface area contributed by atoms with Crippen molar-refractivity contribution in [3.63, 3.8) is 0 Å². The molecule has 25 heavy (non-hydrogen) atoms. The highest BCUT2D eigenvalue weighted by molar-refractivity contribution is 7.98. The van der Waals surface area contributed by atoms with E-state index in [4.69, 9.17) is 0 Å². The smallest absolute Gasteiger partial charge is 0.267 e. The van der Waals surface area contributed by atoms with Gasteiger partial charge in [-0.3, -0.25) is 9.59 Å². The van der Waals surface area contributed by atoms with Crippen molar-refractivity contribution in [2.75, 3.05) is 16.9 Å². The van der Waals surface area contributed by atoms with E-state index in [1.807, 2.05) is 36.6 Å². The van der Waals surface area contributed by atoms with Crippen molar-refractivity contribution in [2.24, 2.45) is 0 Å². The Hall–Kier alpha value is -3.04. The minimum absolute atomic E-state index is 0.0669. The Morgan fingerprint density at radius 3 is 2.52 bits per heavy atom. The maximum atomic E-state index is 12.2. The summed E-state index contributed by atoms with van der Waals surface area (Å²) in [6.07, 6.45) is 3.34. The standard InChI is InChI=1S/C19H17N3O2S/c1-13(23)14-5-3-7-17(9-14)22-19(24)15(11-20)12-21-16-6-4-8-18(10-16)25-2/h3-10,12,21H,1-2H3,(H,22,24)/b15-12-. The first-order chi connectivity index (χ1) is 12.0. The Kier molecular flexibility index (Phi) is 6.38. The quantitative estimate of drug-likeness (QED) is 0.355. The Labute approximate surface area is 150 Å². The number of Topliss-reactive ketones (excluding diaryl/α,β-unsaturated/α-hetero) is 1. The van der Waals surface area contributed by atoms with Crippen LogP contribution in [0.15, 0.2) is 65.2 Å². The van der Waals surface area contributed by atoms with Gasteiger partial charge in [-0.05, 0) is 43.5 Å². The molecule has 0 aliphatic rings. The number of benzene rings is 2. The highest BCUT2D eigenvalue weighted by atomic mass is 32.2. The van der Waals surface area contributed by atoms with Crippen LogP contribution in [0.1, 0.15) is 17.3 Å². The van der Waals surface area contributed by atoms with Gasteiger partial charge >= 0.3 is 0 Å². The van der Waals surface area contributed by atoms with E-state index in [0.29, 0.717) is 11.3 Å². The number of carbonyl (C=O) groups excluding carboxylic acids is 2. The minimum Gasteiger partial charge on any atom is -0.360 e. The normalized spacial score (nSPS) is 10.7. The average molecular weight is 351 g/mol. The number of nitrogens with one attached hydrogen (secondary N) is 2. The fourth-order valence-electron chi connectivity index (χ4n) is 2.03. The lowest BCUT2D eigenvalue weighted by atomic mass is 10.1. The van der Waals surface area contributed by atoms with Crippen molar-refractivity contribution in [2.45, 2.75) is 11.8 Å². The third-order valence-corrected chi connectivity index (χ3v) is 4.07. The molecule has 0 aliphatic carbocycles. The maximum Gasteiger partial charge on any atom is 0.267 e. The van der Waals surface area contributed by atoms with E-state index in [1.54, 1.807) is 36.0 Å². The summed E-state index contributed by atoms with van der Waals surface area (Å²) in [6.45, 7) is 1.45. The minimum atomic E-state index is -0.545. The number of hydrogen-bond donors (Lipinski definition) is 2.